The van der Waals surface area contributed by atoms with E-state index in [1.165, 1.54) is 0 Å². The van der Waals surface area contributed by atoms with Gasteiger partial charge < -0.3 is 14.7 Å². The summed E-state index contributed by atoms with van der Waals surface area (Å²) in [5.41, 5.74) is 2.42. The summed E-state index contributed by atoms with van der Waals surface area (Å²) < 4.78 is 5.43. The largest absolute Gasteiger partial charge is 0.444 e. The quantitative estimate of drug-likeness (QED) is 0.915. The van der Waals surface area contributed by atoms with Crippen LogP contribution < -0.4 is 0 Å². The number of aliphatic hydroxyl groups is 1. The van der Waals surface area contributed by atoms with Gasteiger partial charge in [0.15, 0.2) is 0 Å². The van der Waals surface area contributed by atoms with E-state index in [4.69, 9.17) is 4.74 Å². The Morgan fingerprint density at radius 1 is 1.27 bits per heavy atom. The fourth-order valence-corrected chi connectivity index (χ4v) is 2.22. The highest BCUT2D eigenvalue weighted by atomic mass is 16.6. The first-order chi connectivity index (χ1) is 10.0. The van der Waals surface area contributed by atoms with Gasteiger partial charge in [-0.25, -0.2) is 4.79 Å². The Balaban J connectivity index is 2.91. The Kier molecular flexibility index (Phi) is 6.00. The molecule has 1 unspecified atom stereocenters. The predicted octanol–water partition coefficient (Wildman–Crippen LogP) is 3.98. The van der Waals surface area contributed by atoms with E-state index in [0.29, 0.717) is 0 Å². The van der Waals surface area contributed by atoms with E-state index in [1.54, 1.807) is 4.90 Å². The third-order valence-electron chi connectivity index (χ3n) is 3.41. The molecule has 1 N–H and O–H groups in total. The van der Waals surface area contributed by atoms with Gasteiger partial charge >= 0.3 is 6.09 Å². The Morgan fingerprint density at radius 2 is 1.86 bits per heavy atom. The maximum Gasteiger partial charge on any atom is 0.410 e. The Morgan fingerprint density at radius 3 is 2.36 bits per heavy atom. The van der Waals surface area contributed by atoms with Crippen LogP contribution in [-0.4, -0.2) is 34.3 Å². The highest BCUT2D eigenvalue weighted by molar-refractivity contribution is 5.68. The Hall–Kier alpha value is -1.55. The van der Waals surface area contributed by atoms with Crippen molar-refractivity contribution in [2.45, 2.75) is 66.2 Å². The van der Waals surface area contributed by atoms with Crippen molar-refractivity contribution in [2.75, 3.05) is 6.54 Å². The normalized spacial score (nSPS) is 13.1. The molecule has 0 saturated heterocycles. The number of benzene rings is 1. The van der Waals surface area contributed by atoms with E-state index >= 15 is 0 Å². The van der Waals surface area contributed by atoms with Crippen molar-refractivity contribution >= 4 is 6.09 Å². The molecule has 0 saturated carbocycles. The molecule has 0 radical (unpaired) electrons. The Bertz CT molecular complexity index is 518. The molecule has 1 rings (SSSR count). The lowest BCUT2D eigenvalue weighted by Gasteiger charge is -2.32. The molecule has 4 nitrogen and oxygen atoms in total. The highest BCUT2D eigenvalue weighted by Crippen LogP contribution is 2.22. The van der Waals surface area contributed by atoms with E-state index in [-0.39, 0.29) is 12.6 Å². The number of hydrogen-bond donors (Lipinski definition) is 1. The number of aliphatic hydroxyl groups excluding tert-OH is 1. The second-order valence-electron chi connectivity index (χ2n) is 7.10. The molecule has 0 aliphatic rings. The molecule has 4 heteroatoms. The maximum atomic E-state index is 12.3. The highest BCUT2D eigenvalue weighted by Gasteiger charge is 2.26. The van der Waals surface area contributed by atoms with Crippen molar-refractivity contribution in [3.8, 4) is 0 Å². The maximum absolute atomic E-state index is 12.3. The molecule has 0 aromatic heterocycles. The third kappa shape index (κ3) is 5.34. The van der Waals surface area contributed by atoms with Crippen LogP contribution in [0.2, 0.25) is 0 Å². The third-order valence-corrected chi connectivity index (χ3v) is 3.41. The summed E-state index contributed by atoms with van der Waals surface area (Å²) >= 11 is 0. The van der Waals surface area contributed by atoms with E-state index in [9.17, 15) is 9.90 Å². The van der Waals surface area contributed by atoms with Gasteiger partial charge in [0.25, 0.3) is 0 Å². The first-order valence-corrected chi connectivity index (χ1v) is 7.76. The number of ether oxygens (including phenoxy) is 1. The number of rotatable bonds is 4. The van der Waals surface area contributed by atoms with Gasteiger partial charge in [0.1, 0.15) is 5.60 Å². The number of amides is 1. The van der Waals surface area contributed by atoms with Gasteiger partial charge in [-0.1, -0.05) is 23.8 Å². The predicted molar refractivity (Wildman–Crippen MR) is 89.0 cm³/mol. The number of nitrogens with zero attached hydrogens (tertiary/aromatic N) is 1. The second-order valence-corrected chi connectivity index (χ2v) is 7.10. The van der Waals surface area contributed by atoms with E-state index in [0.717, 1.165) is 16.7 Å². The van der Waals surface area contributed by atoms with Crippen LogP contribution in [0.1, 0.15) is 57.4 Å². The van der Waals surface area contributed by atoms with Crippen LogP contribution in [0, 0.1) is 13.8 Å². The molecule has 1 aromatic rings. The average molecular weight is 307 g/mol. The fraction of sp³-hybridized carbons (Fsp3) is 0.611. The topological polar surface area (TPSA) is 49.8 Å². The van der Waals surface area contributed by atoms with Crippen LogP contribution in [0.5, 0.6) is 0 Å². The molecule has 0 aliphatic heterocycles. The smallest absolute Gasteiger partial charge is 0.410 e. The molecule has 0 bridgehead atoms. The van der Waals surface area contributed by atoms with Gasteiger partial charge in [-0.15, -0.1) is 0 Å². The van der Waals surface area contributed by atoms with E-state index in [1.807, 2.05) is 66.7 Å². The standard InChI is InChI=1S/C18H29NO3/c1-12(2)19(17(21)22-18(5,6)7)11-16(20)15-10-13(3)8-9-14(15)4/h8-10,12,16,20H,11H2,1-7H3. The van der Waals surface area contributed by atoms with Crippen molar-refractivity contribution in [3.05, 3.63) is 34.9 Å². The van der Waals surface area contributed by atoms with Crippen LogP contribution >= 0.6 is 0 Å². The summed E-state index contributed by atoms with van der Waals surface area (Å²) in [4.78, 5) is 13.9. The SMILES string of the molecule is Cc1ccc(C)c(C(O)CN(C(=O)OC(C)(C)C)C(C)C)c1. The lowest BCUT2D eigenvalue weighted by molar-refractivity contribution is 0.00718. The van der Waals surface area contributed by atoms with Gasteiger partial charge in [0.05, 0.1) is 12.6 Å². The summed E-state index contributed by atoms with van der Waals surface area (Å²) in [5.74, 6) is 0. The lowest BCUT2D eigenvalue weighted by Crippen LogP contribution is -2.43. The summed E-state index contributed by atoms with van der Waals surface area (Å²) in [5, 5.41) is 10.5. The van der Waals surface area contributed by atoms with Crippen LogP contribution in [0.25, 0.3) is 0 Å². The summed E-state index contributed by atoms with van der Waals surface area (Å²) in [6.07, 6.45) is -1.12. The van der Waals surface area contributed by atoms with Crippen molar-refractivity contribution in [2.24, 2.45) is 0 Å². The minimum absolute atomic E-state index is 0.0467. The van der Waals surface area contributed by atoms with Gasteiger partial charge in [-0.2, -0.15) is 0 Å². The molecule has 22 heavy (non-hydrogen) atoms. The molecular formula is C18H29NO3. The van der Waals surface area contributed by atoms with E-state index in [2.05, 4.69) is 0 Å². The van der Waals surface area contributed by atoms with Crippen molar-refractivity contribution in [1.82, 2.24) is 4.90 Å². The van der Waals surface area contributed by atoms with Crippen LogP contribution in [-0.2, 0) is 4.74 Å². The van der Waals surface area contributed by atoms with Gasteiger partial charge in [-0.3, -0.25) is 0 Å². The first-order valence-electron chi connectivity index (χ1n) is 7.76. The van der Waals surface area contributed by atoms with Crippen molar-refractivity contribution in [3.63, 3.8) is 0 Å². The van der Waals surface area contributed by atoms with Gasteiger partial charge in [0, 0.05) is 6.04 Å². The van der Waals surface area contributed by atoms with Gasteiger partial charge in [-0.05, 0) is 59.6 Å². The second kappa shape index (κ2) is 7.14. The van der Waals surface area contributed by atoms with Gasteiger partial charge in [0.2, 0.25) is 0 Å². The Labute approximate surface area is 134 Å². The molecule has 1 atom stereocenters. The molecule has 0 fully saturated rings. The number of aryl methyl sites for hydroxylation is 2. The van der Waals surface area contributed by atoms with Crippen LogP contribution in [0.3, 0.4) is 0 Å². The number of hydrogen-bond acceptors (Lipinski definition) is 3. The first kappa shape index (κ1) is 18.5. The zero-order valence-corrected chi connectivity index (χ0v) is 14.8. The fourth-order valence-electron chi connectivity index (χ4n) is 2.22. The summed E-state index contributed by atoms with van der Waals surface area (Å²) in [7, 11) is 0. The molecule has 0 heterocycles. The zero-order chi connectivity index (χ0) is 17.1. The summed E-state index contributed by atoms with van der Waals surface area (Å²) in [6, 6.07) is 5.92. The minimum Gasteiger partial charge on any atom is -0.444 e. The molecule has 1 aromatic carbocycles. The number of carbonyl (C=O) groups is 1. The van der Waals surface area contributed by atoms with Crippen LogP contribution in [0.15, 0.2) is 18.2 Å². The molecule has 0 spiro atoms. The molecule has 124 valence electrons. The summed E-state index contributed by atoms with van der Waals surface area (Å²) in [6.45, 7) is 13.5. The molecule has 1 amide bonds. The lowest BCUT2D eigenvalue weighted by atomic mass is 10.0. The average Bonchev–Trinajstić information content (AvgIpc) is 2.35. The molecule has 0 aliphatic carbocycles. The van der Waals surface area contributed by atoms with Crippen molar-refractivity contribution < 1.29 is 14.6 Å². The zero-order valence-electron chi connectivity index (χ0n) is 14.8. The van der Waals surface area contributed by atoms with E-state index < -0.39 is 17.8 Å². The molecular weight excluding hydrogens is 278 g/mol. The number of carbonyl (C=O) groups excluding carboxylic acids is 1. The monoisotopic (exact) mass is 307 g/mol. The van der Waals surface area contributed by atoms with Crippen LogP contribution in [0.4, 0.5) is 4.79 Å². The van der Waals surface area contributed by atoms with Crippen molar-refractivity contribution in [1.29, 1.82) is 0 Å². The minimum atomic E-state index is -0.727.